The van der Waals surface area contributed by atoms with Crippen molar-refractivity contribution >= 4 is 15.9 Å². The zero-order valence-electron chi connectivity index (χ0n) is 12.7. The second-order valence-electron chi connectivity index (χ2n) is 5.59. The quantitative estimate of drug-likeness (QED) is 0.855. The number of likely N-dealkylation sites (N-methyl/N-ethyl adjacent to an activating group) is 1. The molecule has 0 saturated heterocycles. The number of methoxy groups -OCH3 is 1. The lowest BCUT2D eigenvalue weighted by atomic mass is 9.85. The average molecular weight is 342 g/mol. The summed E-state index contributed by atoms with van der Waals surface area (Å²) in [4.78, 5) is 0. The molecule has 1 aliphatic rings. The molecule has 4 heteroatoms. The van der Waals surface area contributed by atoms with Crippen LogP contribution in [0.3, 0.4) is 0 Å². The second-order valence-corrected chi connectivity index (χ2v) is 6.51. The Morgan fingerprint density at radius 2 is 2.15 bits per heavy atom. The molecule has 0 aliphatic heterocycles. The van der Waals surface area contributed by atoms with Crippen LogP contribution in [0, 0.1) is 0 Å². The lowest BCUT2D eigenvalue weighted by molar-refractivity contribution is -0.0887. The number of halogens is 1. The van der Waals surface area contributed by atoms with E-state index in [4.69, 9.17) is 9.47 Å². The molecule has 0 aromatic heterocycles. The van der Waals surface area contributed by atoms with E-state index in [0.717, 1.165) is 23.2 Å². The van der Waals surface area contributed by atoms with Crippen molar-refractivity contribution in [2.75, 3.05) is 13.7 Å². The van der Waals surface area contributed by atoms with Gasteiger partial charge in [0.05, 0.1) is 0 Å². The molecule has 1 saturated carbocycles. The van der Waals surface area contributed by atoms with Crippen LogP contribution in [0.5, 0.6) is 5.75 Å². The van der Waals surface area contributed by atoms with Gasteiger partial charge in [0.15, 0.2) is 0 Å². The zero-order valence-corrected chi connectivity index (χ0v) is 14.2. The van der Waals surface area contributed by atoms with E-state index >= 15 is 0 Å². The van der Waals surface area contributed by atoms with Crippen molar-refractivity contribution < 1.29 is 9.47 Å². The van der Waals surface area contributed by atoms with Gasteiger partial charge in [-0.3, -0.25) is 0 Å². The summed E-state index contributed by atoms with van der Waals surface area (Å²) in [6.45, 7) is 7.45. The van der Waals surface area contributed by atoms with E-state index in [9.17, 15) is 0 Å². The van der Waals surface area contributed by atoms with Gasteiger partial charge in [-0.25, -0.2) is 0 Å². The molecule has 0 spiro atoms. The van der Waals surface area contributed by atoms with Gasteiger partial charge in [0.1, 0.15) is 18.0 Å². The minimum Gasteiger partial charge on any atom is -0.487 e. The Hall–Kier alpha value is -0.580. The van der Waals surface area contributed by atoms with E-state index in [2.05, 4.69) is 48.1 Å². The average Bonchev–Trinajstić information content (AvgIpc) is 2.39. The van der Waals surface area contributed by atoms with Crippen LogP contribution in [0.4, 0.5) is 0 Å². The molecule has 3 atom stereocenters. The summed E-state index contributed by atoms with van der Waals surface area (Å²) in [6, 6.07) is 6.63. The van der Waals surface area contributed by atoms with E-state index < -0.39 is 0 Å². The number of benzene rings is 1. The van der Waals surface area contributed by atoms with Crippen LogP contribution in [0.25, 0.3) is 0 Å². The molecule has 1 aliphatic carbocycles. The minimum absolute atomic E-state index is 0.138. The highest BCUT2D eigenvalue weighted by Crippen LogP contribution is 2.34. The molecule has 0 heterocycles. The summed E-state index contributed by atoms with van der Waals surface area (Å²) in [6.07, 6.45) is 1.28. The van der Waals surface area contributed by atoms with Gasteiger partial charge in [0, 0.05) is 24.0 Å². The summed E-state index contributed by atoms with van der Waals surface area (Å²) in [5.74, 6) is 1.42. The SMILES string of the molecule is CCNC1CC(Oc2ccc(Br)cc2C(C)C)C1OC. The first-order chi connectivity index (χ1) is 9.56. The Morgan fingerprint density at radius 3 is 2.75 bits per heavy atom. The highest BCUT2D eigenvalue weighted by Gasteiger charge is 2.43. The Labute approximate surface area is 130 Å². The third kappa shape index (κ3) is 3.35. The van der Waals surface area contributed by atoms with E-state index in [1.807, 2.05) is 12.1 Å². The van der Waals surface area contributed by atoms with Crippen LogP contribution in [-0.2, 0) is 4.74 Å². The fraction of sp³-hybridized carbons (Fsp3) is 0.625. The highest BCUT2D eigenvalue weighted by atomic mass is 79.9. The molecule has 2 rings (SSSR count). The lowest BCUT2D eigenvalue weighted by Crippen LogP contribution is -2.60. The maximum Gasteiger partial charge on any atom is 0.128 e. The van der Waals surface area contributed by atoms with E-state index in [0.29, 0.717) is 12.0 Å². The fourth-order valence-electron chi connectivity index (χ4n) is 2.72. The second kappa shape index (κ2) is 6.92. The number of hydrogen-bond donors (Lipinski definition) is 1. The van der Waals surface area contributed by atoms with Gasteiger partial charge in [-0.15, -0.1) is 0 Å². The Kier molecular flexibility index (Phi) is 5.47. The van der Waals surface area contributed by atoms with Crippen molar-refractivity contribution in [3.05, 3.63) is 28.2 Å². The molecule has 112 valence electrons. The van der Waals surface area contributed by atoms with Gasteiger partial charge in [-0.2, -0.15) is 0 Å². The fourth-order valence-corrected chi connectivity index (χ4v) is 3.09. The normalized spacial score (nSPS) is 25.6. The van der Waals surface area contributed by atoms with Crippen molar-refractivity contribution in [2.24, 2.45) is 0 Å². The molecule has 3 unspecified atom stereocenters. The summed E-state index contributed by atoms with van der Waals surface area (Å²) in [5, 5.41) is 3.43. The maximum absolute atomic E-state index is 6.19. The number of ether oxygens (including phenoxy) is 2. The monoisotopic (exact) mass is 341 g/mol. The van der Waals surface area contributed by atoms with E-state index in [1.165, 1.54) is 5.56 Å². The van der Waals surface area contributed by atoms with E-state index in [1.54, 1.807) is 7.11 Å². The maximum atomic E-state index is 6.19. The first-order valence-electron chi connectivity index (χ1n) is 7.29. The number of nitrogens with one attached hydrogen (secondary N) is 1. The lowest BCUT2D eigenvalue weighted by Gasteiger charge is -2.43. The van der Waals surface area contributed by atoms with Crippen LogP contribution in [-0.4, -0.2) is 31.9 Å². The van der Waals surface area contributed by atoms with Crippen molar-refractivity contribution in [1.29, 1.82) is 0 Å². The largest absolute Gasteiger partial charge is 0.487 e. The van der Waals surface area contributed by atoms with Crippen LogP contribution in [0.15, 0.2) is 22.7 Å². The number of rotatable bonds is 6. The molecule has 0 amide bonds. The third-order valence-electron chi connectivity index (χ3n) is 3.86. The van der Waals surface area contributed by atoms with Gasteiger partial charge in [0.25, 0.3) is 0 Å². The molecule has 0 bridgehead atoms. The van der Waals surface area contributed by atoms with Gasteiger partial charge in [-0.1, -0.05) is 36.7 Å². The summed E-state index contributed by atoms with van der Waals surface area (Å²) in [5.41, 5.74) is 1.24. The van der Waals surface area contributed by atoms with Crippen LogP contribution in [0.1, 0.15) is 38.7 Å². The topological polar surface area (TPSA) is 30.5 Å². The highest BCUT2D eigenvalue weighted by molar-refractivity contribution is 9.10. The minimum atomic E-state index is 0.138. The first kappa shape index (κ1) is 15.8. The van der Waals surface area contributed by atoms with Crippen molar-refractivity contribution in [3.63, 3.8) is 0 Å². The van der Waals surface area contributed by atoms with Crippen molar-refractivity contribution in [1.82, 2.24) is 5.32 Å². The van der Waals surface area contributed by atoms with Crippen molar-refractivity contribution in [2.45, 2.75) is 51.4 Å². The summed E-state index contributed by atoms with van der Waals surface area (Å²) in [7, 11) is 1.76. The van der Waals surface area contributed by atoms with Gasteiger partial charge >= 0.3 is 0 Å². The Balaban J connectivity index is 2.07. The molecule has 0 radical (unpaired) electrons. The summed E-state index contributed by atoms with van der Waals surface area (Å²) < 4.78 is 12.8. The number of hydrogen-bond acceptors (Lipinski definition) is 3. The molecule has 1 fully saturated rings. The van der Waals surface area contributed by atoms with E-state index in [-0.39, 0.29) is 12.2 Å². The first-order valence-corrected chi connectivity index (χ1v) is 8.08. The zero-order chi connectivity index (χ0) is 14.7. The molecule has 1 aromatic carbocycles. The third-order valence-corrected chi connectivity index (χ3v) is 4.35. The molecular formula is C16H24BrNO2. The molecule has 20 heavy (non-hydrogen) atoms. The molecule has 1 aromatic rings. The molecular weight excluding hydrogens is 318 g/mol. The Morgan fingerprint density at radius 1 is 1.40 bits per heavy atom. The Bertz CT molecular complexity index is 450. The standard InChI is InChI=1S/C16H24BrNO2/c1-5-18-13-9-15(16(13)19-4)20-14-7-6-11(17)8-12(14)10(2)3/h6-8,10,13,15-16,18H,5,9H2,1-4H3. The van der Waals surface area contributed by atoms with Gasteiger partial charge in [-0.05, 0) is 36.2 Å². The van der Waals surface area contributed by atoms with Crippen LogP contribution < -0.4 is 10.1 Å². The predicted molar refractivity (Wildman–Crippen MR) is 85.5 cm³/mol. The molecule has 1 N–H and O–H groups in total. The molecule has 3 nitrogen and oxygen atoms in total. The predicted octanol–water partition coefficient (Wildman–Crippen LogP) is 3.72. The summed E-state index contributed by atoms with van der Waals surface area (Å²) >= 11 is 3.53. The van der Waals surface area contributed by atoms with Crippen LogP contribution >= 0.6 is 15.9 Å². The van der Waals surface area contributed by atoms with Gasteiger partial charge in [0.2, 0.25) is 0 Å². The van der Waals surface area contributed by atoms with Crippen LogP contribution in [0.2, 0.25) is 0 Å². The van der Waals surface area contributed by atoms with Gasteiger partial charge < -0.3 is 14.8 Å². The van der Waals surface area contributed by atoms with Crippen molar-refractivity contribution in [3.8, 4) is 5.75 Å². The smallest absolute Gasteiger partial charge is 0.128 e.